The molecule has 0 aromatic heterocycles. The maximum atomic E-state index is 12.8. The number of aliphatic hydroxyl groups excluding tert-OH is 1. The van der Waals surface area contributed by atoms with Crippen molar-refractivity contribution in [3.63, 3.8) is 0 Å². The molecule has 0 aliphatic heterocycles. The second kappa shape index (κ2) is 6.06. The Kier molecular flexibility index (Phi) is 4.98. The molecule has 1 rings (SSSR count). The van der Waals surface area contributed by atoms with Gasteiger partial charge in [-0.25, -0.2) is 0 Å². The topological polar surface area (TPSA) is 55.5 Å². The molecule has 3 N–H and O–H groups in total. The Morgan fingerprint density at radius 2 is 1.94 bits per heavy atom. The molecule has 0 radical (unpaired) electrons. The first-order valence-electron chi connectivity index (χ1n) is 5.57. The van der Waals surface area contributed by atoms with Crippen molar-refractivity contribution in [1.82, 2.24) is 0 Å². The molecule has 0 amide bonds. The number of aliphatic hydroxyl groups is 1. The number of rotatable bonds is 5. The third-order valence-corrected chi connectivity index (χ3v) is 2.58. The van der Waals surface area contributed by atoms with E-state index < -0.39 is 18.3 Å². The van der Waals surface area contributed by atoms with Crippen LogP contribution in [0.3, 0.4) is 0 Å². The number of ether oxygens (including phenoxy) is 1. The molecule has 2 atom stereocenters. The normalized spacial score (nSPS) is 15.2. The van der Waals surface area contributed by atoms with Gasteiger partial charge in [-0.2, -0.15) is 13.2 Å². The fourth-order valence-electron chi connectivity index (χ4n) is 1.50. The first kappa shape index (κ1) is 14.8. The van der Waals surface area contributed by atoms with E-state index in [2.05, 4.69) is 0 Å². The van der Waals surface area contributed by atoms with Crippen molar-refractivity contribution < 1.29 is 23.0 Å². The maximum absolute atomic E-state index is 12.8. The zero-order valence-electron chi connectivity index (χ0n) is 9.95. The van der Waals surface area contributed by atoms with Crippen LogP contribution in [0.2, 0.25) is 0 Å². The second-order valence-corrected chi connectivity index (χ2v) is 3.92. The summed E-state index contributed by atoms with van der Waals surface area (Å²) < 4.78 is 43.4. The van der Waals surface area contributed by atoms with Crippen LogP contribution in [0.5, 0.6) is 5.75 Å². The summed E-state index contributed by atoms with van der Waals surface area (Å²) in [6.45, 7) is 1.17. The first-order valence-corrected chi connectivity index (χ1v) is 5.57. The molecule has 0 saturated carbocycles. The van der Waals surface area contributed by atoms with Crippen LogP contribution in [0.4, 0.5) is 13.2 Å². The standard InChI is InChI=1S/C12H16F3NO2/c1-2-9(16)11(12(13,14)15)18-10-6-4-3-5-8(10)7-17/h3-6,9,11,17H,2,7,16H2,1H3. The highest BCUT2D eigenvalue weighted by molar-refractivity contribution is 5.33. The summed E-state index contributed by atoms with van der Waals surface area (Å²) in [6.07, 6.45) is -6.47. The predicted octanol–water partition coefficient (Wildman–Crippen LogP) is 2.23. The highest BCUT2D eigenvalue weighted by atomic mass is 19.4. The Hall–Kier alpha value is -1.27. The fraction of sp³-hybridized carbons (Fsp3) is 0.500. The summed E-state index contributed by atoms with van der Waals surface area (Å²) in [6, 6.07) is 4.89. The van der Waals surface area contributed by atoms with E-state index in [1.165, 1.54) is 12.1 Å². The van der Waals surface area contributed by atoms with Gasteiger partial charge in [0.05, 0.1) is 12.6 Å². The summed E-state index contributed by atoms with van der Waals surface area (Å²) >= 11 is 0. The number of nitrogens with two attached hydrogens (primary N) is 1. The molecule has 102 valence electrons. The zero-order chi connectivity index (χ0) is 13.8. The van der Waals surface area contributed by atoms with E-state index in [1.807, 2.05) is 0 Å². The van der Waals surface area contributed by atoms with Crippen molar-refractivity contribution in [3.05, 3.63) is 29.8 Å². The van der Waals surface area contributed by atoms with Crippen LogP contribution < -0.4 is 10.5 Å². The molecular weight excluding hydrogens is 247 g/mol. The van der Waals surface area contributed by atoms with Crippen molar-refractivity contribution in [2.24, 2.45) is 5.73 Å². The molecule has 0 saturated heterocycles. The Balaban J connectivity index is 2.96. The molecule has 3 nitrogen and oxygen atoms in total. The van der Waals surface area contributed by atoms with Gasteiger partial charge < -0.3 is 15.6 Å². The lowest BCUT2D eigenvalue weighted by Crippen LogP contribution is -2.48. The van der Waals surface area contributed by atoms with Gasteiger partial charge in [0.1, 0.15) is 5.75 Å². The second-order valence-electron chi connectivity index (χ2n) is 3.92. The lowest BCUT2D eigenvalue weighted by Gasteiger charge is -2.27. The maximum Gasteiger partial charge on any atom is 0.426 e. The van der Waals surface area contributed by atoms with Crippen LogP contribution >= 0.6 is 0 Å². The predicted molar refractivity (Wildman–Crippen MR) is 61.1 cm³/mol. The monoisotopic (exact) mass is 263 g/mol. The number of benzene rings is 1. The largest absolute Gasteiger partial charge is 0.479 e. The Labute approximate surface area is 103 Å². The first-order chi connectivity index (χ1) is 8.40. The van der Waals surface area contributed by atoms with Gasteiger partial charge in [-0.05, 0) is 12.5 Å². The van der Waals surface area contributed by atoms with E-state index in [0.29, 0.717) is 5.56 Å². The highest BCUT2D eigenvalue weighted by Crippen LogP contribution is 2.29. The molecule has 0 bridgehead atoms. The molecule has 2 unspecified atom stereocenters. The van der Waals surface area contributed by atoms with E-state index in [4.69, 9.17) is 15.6 Å². The summed E-state index contributed by atoms with van der Waals surface area (Å²) in [5.74, 6) is 0.00576. The van der Waals surface area contributed by atoms with Crippen LogP contribution in [0.15, 0.2) is 24.3 Å². The van der Waals surface area contributed by atoms with Crippen LogP contribution in [0.25, 0.3) is 0 Å². The van der Waals surface area contributed by atoms with Crippen molar-refractivity contribution in [3.8, 4) is 5.75 Å². The average Bonchev–Trinajstić information content (AvgIpc) is 2.34. The minimum absolute atomic E-state index is 0.00576. The van der Waals surface area contributed by atoms with E-state index in [1.54, 1.807) is 19.1 Å². The summed E-state index contributed by atoms with van der Waals surface area (Å²) in [5, 5.41) is 9.04. The van der Waals surface area contributed by atoms with Crippen molar-refractivity contribution in [2.45, 2.75) is 38.3 Å². The third kappa shape index (κ3) is 3.61. The molecular formula is C12H16F3NO2. The number of hydrogen-bond acceptors (Lipinski definition) is 3. The lowest BCUT2D eigenvalue weighted by atomic mass is 10.1. The summed E-state index contributed by atoms with van der Waals surface area (Å²) in [7, 11) is 0. The third-order valence-electron chi connectivity index (χ3n) is 2.58. The number of alkyl halides is 3. The smallest absolute Gasteiger partial charge is 0.426 e. The van der Waals surface area contributed by atoms with Gasteiger partial charge in [0.25, 0.3) is 0 Å². The van der Waals surface area contributed by atoms with Crippen LogP contribution in [0, 0.1) is 0 Å². The van der Waals surface area contributed by atoms with Gasteiger partial charge in [0, 0.05) is 5.56 Å². The van der Waals surface area contributed by atoms with Crippen molar-refractivity contribution >= 4 is 0 Å². The zero-order valence-corrected chi connectivity index (χ0v) is 9.95. The Bertz CT molecular complexity index is 382. The number of halogens is 3. The van der Waals surface area contributed by atoms with Gasteiger partial charge in [0.15, 0.2) is 0 Å². The van der Waals surface area contributed by atoms with Gasteiger partial charge in [0.2, 0.25) is 6.10 Å². The molecule has 0 aliphatic rings. The molecule has 0 aliphatic carbocycles. The molecule has 1 aromatic carbocycles. The fourth-order valence-corrected chi connectivity index (χ4v) is 1.50. The molecule has 0 fully saturated rings. The van der Waals surface area contributed by atoms with Crippen LogP contribution in [-0.2, 0) is 6.61 Å². The van der Waals surface area contributed by atoms with Gasteiger partial charge in [-0.15, -0.1) is 0 Å². The average molecular weight is 263 g/mol. The van der Waals surface area contributed by atoms with Gasteiger partial charge in [-0.1, -0.05) is 25.1 Å². The van der Waals surface area contributed by atoms with Crippen LogP contribution in [0.1, 0.15) is 18.9 Å². The summed E-state index contributed by atoms with van der Waals surface area (Å²) in [5.41, 5.74) is 5.74. The quantitative estimate of drug-likeness (QED) is 0.856. The Morgan fingerprint density at radius 3 is 2.44 bits per heavy atom. The van der Waals surface area contributed by atoms with Gasteiger partial charge in [-0.3, -0.25) is 0 Å². The van der Waals surface area contributed by atoms with E-state index in [9.17, 15) is 13.2 Å². The molecule has 18 heavy (non-hydrogen) atoms. The summed E-state index contributed by atoms with van der Waals surface area (Å²) in [4.78, 5) is 0. The Morgan fingerprint density at radius 1 is 1.33 bits per heavy atom. The lowest BCUT2D eigenvalue weighted by molar-refractivity contribution is -0.201. The van der Waals surface area contributed by atoms with Crippen molar-refractivity contribution in [2.75, 3.05) is 0 Å². The molecule has 6 heteroatoms. The SMILES string of the molecule is CCC(N)C(Oc1ccccc1CO)C(F)(F)F. The van der Waals surface area contributed by atoms with E-state index in [-0.39, 0.29) is 18.8 Å². The van der Waals surface area contributed by atoms with E-state index >= 15 is 0 Å². The minimum atomic E-state index is -4.54. The minimum Gasteiger partial charge on any atom is -0.479 e. The highest BCUT2D eigenvalue weighted by Gasteiger charge is 2.45. The van der Waals surface area contributed by atoms with Gasteiger partial charge >= 0.3 is 6.18 Å². The van der Waals surface area contributed by atoms with E-state index in [0.717, 1.165) is 0 Å². The molecule has 0 heterocycles. The van der Waals surface area contributed by atoms with Crippen LogP contribution in [-0.4, -0.2) is 23.4 Å². The number of hydrogen-bond donors (Lipinski definition) is 2. The molecule has 1 aromatic rings. The van der Waals surface area contributed by atoms with Crippen molar-refractivity contribution in [1.29, 1.82) is 0 Å². The number of para-hydroxylation sites is 1. The molecule has 0 spiro atoms.